The molecule has 21 heavy (non-hydrogen) atoms. The van der Waals surface area contributed by atoms with Crippen LogP contribution in [0.4, 0.5) is 5.69 Å². The summed E-state index contributed by atoms with van der Waals surface area (Å²) in [6.45, 7) is 3.35. The minimum absolute atomic E-state index is 0.0534. The minimum Gasteiger partial charge on any atom is -0.382 e. The van der Waals surface area contributed by atoms with Gasteiger partial charge in [0.1, 0.15) is 6.54 Å². The normalized spacial score (nSPS) is 11.9. The number of aromatic nitrogens is 2. The second-order valence-electron chi connectivity index (χ2n) is 5.13. The average Bonchev–Trinajstić information content (AvgIpc) is 2.95. The van der Waals surface area contributed by atoms with Gasteiger partial charge >= 0.3 is 0 Å². The van der Waals surface area contributed by atoms with E-state index in [1.807, 2.05) is 12.3 Å². The van der Waals surface area contributed by atoms with Gasteiger partial charge < -0.3 is 10.6 Å². The van der Waals surface area contributed by atoms with Crippen LogP contribution in [0.3, 0.4) is 0 Å². The molecule has 5 heteroatoms. The van der Waals surface area contributed by atoms with Gasteiger partial charge in [0, 0.05) is 19.8 Å². The first kappa shape index (κ1) is 15.1. The first-order valence-corrected chi connectivity index (χ1v) is 7.21. The number of amides is 1. The van der Waals surface area contributed by atoms with Gasteiger partial charge in [-0.3, -0.25) is 9.48 Å². The van der Waals surface area contributed by atoms with E-state index in [0.29, 0.717) is 5.92 Å². The summed E-state index contributed by atoms with van der Waals surface area (Å²) in [5, 5.41) is 10.1. The summed E-state index contributed by atoms with van der Waals surface area (Å²) in [4.78, 5) is 11.3. The number of carbonyl (C=O) groups is 1. The molecular formula is C16H22N4O. The smallest absolute Gasteiger partial charge is 0.241 e. The Hall–Kier alpha value is -2.30. The molecule has 1 amide bonds. The first-order chi connectivity index (χ1) is 10.2. The van der Waals surface area contributed by atoms with Gasteiger partial charge in [-0.25, -0.2) is 0 Å². The van der Waals surface area contributed by atoms with Gasteiger partial charge in [0.2, 0.25) is 5.91 Å². The molecule has 0 saturated heterocycles. The van der Waals surface area contributed by atoms with E-state index in [0.717, 1.165) is 18.7 Å². The van der Waals surface area contributed by atoms with E-state index in [-0.39, 0.29) is 12.5 Å². The molecule has 2 rings (SSSR count). The molecule has 2 aromatic rings. The van der Waals surface area contributed by atoms with Crippen LogP contribution in [0, 0.1) is 0 Å². The molecule has 0 aliphatic rings. The lowest BCUT2D eigenvalue weighted by Gasteiger charge is -2.12. The van der Waals surface area contributed by atoms with Crippen molar-refractivity contribution in [3.05, 3.63) is 48.3 Å². The van der Waals surface area contributed by atoms with Crippen molar-refractivity contribution < 1.29 is 4.79 Å². The second kappa shape index (κ2) is 7.47. The van der Waals surface area contributed by atoms with Gasteiger partial charge in [0.05, 0.1) is 11.9 Å². The fourth-order valence-electron chi connectivity index (χ4n) is 2.15. The number of hydrogen-bond donors (Lipinski definition) is 2. The lowest BCUT2D eigenvalue weighted by atomic mass is 9.98. The largest absolute Gasteiger partial charge is 0.382 e. The third kappa shape index (κ3) is 4.63. The molecule has 0 saturated carbocycles. The molecule has 1 atom stereocenters. The van der Waals surface area contributed by atoms with Crippen LogP contribution in [0.5, 0.6) is 0 Å². The molecule has 2 N–H and O–H groups in total. The average molecular weight is 286 g/mol. The Morgan fingerprint density at radius 2 is 2.10 bits per heavy atom. The lowest BCUT2D eigenvalue weighted by molar-refractivity contribution is -0.121. The highest BCUT2D eigenvalue weighted by molar-refractivity contribution is 5.75. The van der Waals surface area contributed by atoms with Gasteiger partial charge in [-0.05, 0) is 17.9 Å². The van der Waals surface area contributed by atoms with Crippen LogP contribution < -0.4 is 10.6 Å². The van der Waals surface area contributed by atoms with E-state index in [9.17, 15) is 4.79 Å². The van der Waals surface area contributed by atoms with Crippen LogP contribution >= 0.6 is 0 Å². The zero-order valence-corrected chi connectivity index (χ0v) is 12.5. The number of rotatable bonds is 7. The Balaban J connectivity index is 1.77. The molecule has 1 heterocycles. The molecule has 0 aliphatic carbocycles. The highest BCUT2D eigenvalue weighted by atomic mass is 16.1. The van der Waals surface area contributed by atoms with Crippen LogP contribution in [0.25, 0.3) is 0 Å². The molecule has 0 spiro atoms. The van der Waals surface area contributed by atoms with Crippen LogP contribution in [0.1, 0.15) is 24.8 Å². The Morgan fingerprint density at radius 3 is 2.81 bits per heavy atom. The SMILES string of the molecule is CNC(=O)Cn1cc(NCCC(C)c2ccccc2)cn1. The summed E-state index contributed by atoms with van der Waals surface area (Å²) in [6, 6.07) is 10.5. The highest BCUT2D eigenvalue weighted by Crippen LogP contribution is 2.18. The predicted octanol–water partition coefficient (Wildman–Crippen LogP) is 2.23. The summed E-state index contributed by atoms with van der Waals surface area (Å²) in [5.41, 5.74) is 2.30. The van der Waals surface area contributed by atoms with E-state index in [4.69, 9.17) is 0 Å². The van der Waals surface area contributed by atoms with Crippen molar-refractivity contribution >= 4 is 11.6 Å². The zero-order chi connectivity index (χ0) is 15.1. The van der Waals surface area contributed by atoms with Crippen molar-refractivity contribution in [2.75, 3.05) is 18.9 Å². The highest BCUT2D eigenvalue weighted by Gasteiger charge is 2.06. The van der Waals surface area contributed by atoms with Crippen molar-refractivity contribution in [3.8, 4) is 0 Å². The van der Waals surface area contributed by atoms with E-state index in [1.165, 1.54) is 5.56 Å². The zero-order valence-electron chi connectivity index (χ0n) is 12.5. The molecule has 1 unspecified atom stereocenters. The van der Waals surface area contributed by atoms with Gasteiger partial charge in [0.15, 0.2) is 0 Å². The van der Waals surface area contributed by atoms with Crippen LogP contribution in [-0.2, 0) is 11.3 Å². The molecule has 112 valence electrons. The Kier molecular flexibility index (Phi) is 5.37. The Bertz CT molecular complexity index is 565. The van der Waals surface area contributed by atoms with Crippen LogP contribution in [-0.4, -0.2) is 29.3 Å². The molecule has 1 aromatic heterocycles. The van der Waals surface area contributed by atoms with Crippen molar-refractivity contribution in [1.29, 1.82) is 0 Å². The van der Waals surface area contributed by atoms with Crippen LogP contribution in [0.2, 0.25) is 0 Å². The van der Waals surface area contributed by atoms with E-state index in [2.05, 4.69) is 46.9 Å². The Morgan fingerprint density at radius 1 is 1.33 bits per heavy atom. The molecule has 1 aromatic carbocycles. The van der Waals surface area contributed by atoms with Gasteiger partial charge in [-0.2, -0.15) is 5.10 Å². The van der Waals surface area contributed by atoms with Gasteiger partial charge in [-0.1, -0.05) is 37.3 Å². The summed E-state index contributed by atoms with van der Waals surface area (Å²) in [6.07, 6.45) is 4.64. The third-order valence-corrected chi connectivity index (χ3v) is 3.49. The van der Waals surface area contributed by atoms with Crippen molar-refractivity contribution in [1.82, 2.24) is 15.1 Å². The minimum atomic E-state index is -0.0534. The number of nitrogens with zero attached hydrogens (tertiary/aromatic N) is 2. The predicted molar refractivity (Wildman–Crippen MR) is 84.3 cm³/mol. The number of benzene rings is 1. The standard InChI is InChI=1S/C16H22N4O/c1-13(14-6-4-3-5-7-14)8-9-18-15-10-19-20(11-15)12-16(21)17-2/h3-7,10-11,13,18H,8-9,12H2,1-2H3,(H,17,21). The van der Waals surface area contributed by atoms with Crippen LogP contribution in [0.15, 0.2) is 42.7 Å². The fourth-order valence-corrected chi connectivity index (χ4v) is 2.15. The van der Waals surface area contributed by atoms with Gasteiger partial charge in [-0.15, -0.1) is 0 Å². The summed E-state index contributed by atoms with van der Waals surface area (Å²) >= 11 is 0. The molecule has 0 bridgehead atoms. The molecule has 5 nitrogen and oxygen atoms in total. The fraction of sp³-hybridized carbons (Fsp3) is 0.375. The molecule has 0 fully saturated rings. The number of nitrogens with one attached hydrogen (secondary N) is 2. The monoisotopic (exact) mass is 286 g/mol. The van der Waals surface area contributed by atoms with E-state index >= 15 is 0 Å². The van der Waals surface area contributed by atoms with Gasteiger partial charge in [0.25, 0.3) is 0 Å². The van der Waals surface area contributed by atoms with Crippen molar-refractivity contribution in [3.63, 3.8) is 0 Å². The number of likely N-dealkylation sites (N-methyl/N-ethyl adjacent to an activating group) is 1. The third-order valence-electron chi connectivity index (χ3n) is 3.49. The maximum absolute atomic E-state index is 11.3. The number of carbonyl (C=O) groups excluding carboxylic acids is 1. The van der Waals surface area contributed by atoms with Crippen molar-refractivity contribution in [2.45, 2.75) is 25.8 Å². The van der Waals surface area contributed by atoms with E-state index < -0.39 is 0 Å². The summed E-state index contributed by atoms with van der Waals surface area (Å²) < 4.78 is 1.63. The molecule has 0 radical (unpaired) electrons. The lowest BCUT2D eigenvalue weighted by Crippen LogP contribution is -2.23. The maximum atomic E-state index is 11.3. The first-order valence-electron chi connectivity index (χ1n) is 7.21. The number of hydrogen-bond acceptors (Lipinski definition) is 3. The van der Waals surface area contributed by atoms with E-state index in [1.54, 1.807) is 17.9 Å². The number of anilines is 1. The Labute approximate surface area is 125 Å². The van der Waals surface area contributed by atoms with Crippen molar-refractivity contribution in [2.24, 2.45) is 0 Å². The molecular weight excluding hydrogens is 264 g/mol. The molecule has 0 aliphatic heterocycles. The maximum Gasteiger partial charge on any atom is 0.241 e. The topological polar surface area (TPSA) is 59.0 Å². The second-order valence-corrected chi connectivity index (χ2v) is 5.13. The summed E-state index contributed by atoms with van der Waals surface area (Å²) in [5.74, 6) is 0.460. The quantitative estimate of drug-likeness (QED) is 0.820. The summed E-state index contributed by atoms with van der Waals surface area (Å²) in [7, 11) is 1.62.